The third kappa shape index (κ3) is 2.84. The molecule has 0 aliphatic heterocycles. The molecular formula is C17H21N3O2. The molecule has 5 nitrogen and oxygen atoms in total. The number of hydrogen-bond donors (Lipinski definition) is 1. The van der Waals surface area contributed by atoms with Crippen molar-refractivity contribution in [3.63, 3.8) is 0 Å². The van der Waals surface area contributed by atoms with Crippen molar-refractivity contribution >= 4 is 11.9 Å². The van der Waals surface area contributed by atoms with Crippen molar-refractivity contribution in [1.29, 1.82) is 0 Å². The molecule has 2 aromatic rings. The molecule has 1 heterocycles. The van der Waals surface area contributed by atoms with Crippen LogP contribution in [0.15, 0.2) is 30.5 Å². The highest BCUT2D eigenvalue weighted by atomic mass is 16.5. The number of ether oxygens (including phenoxy) is 1. The van der Waals surface area contributed by atoms with Crippen LogP contribution in [0.2, 0.25) is 0 Å². The zero-order valence-corrected chi connectivity index (χ0v) is 13.0. The lowest BCUT2D eigenvalue weighted by molar-refractivity contribution is -0.119. The summed E-state index contributed by atoms with van der Waals surface area (Å²) in [5.41, 5.74) is 2.00. The van der Waals surface area contributed by atoms with Gasteiger partial charge >= 0.3 is 0 Å². The van der Waals surface area contributed by atoms with Crippen molar-refractivity contribution in [1.82, 2.24) is 9.55 Å². The molecule has 0 radical (unpaired) electrons. The van der Waals surface area contributed by atoms with E-state index in [1.165, 1.54) is 0 Å². The smallest absolute Gasteiger partial charge is 0.229 e. The van der Waals surface area contributed by atoms with Crippen molar-refractivity contribution in [2.45, 2.75) is 25.7 Å². The van der Waals surface area contributed by atoms with Gasteiger partial charge in [-0.15, -0.1) is 0 Å². The molecule has 3 rings (SSSR count). The van der Waals surface area contributed by atoms with E-state index in [2.05, 4.69) is 10.3 Å². The van der Waals surface area contributed by atoms with Gasteiger partial charge in [0.05, 0.1) is 19.0 Å². The number of nitrogens with zero attached hydrogens (tertiary/aromatic N) is 2. The Labute approximate surface area is 130 Å². The predicted octanol–water partition coefficient (Wildman–Crippen LogP) is 3.22. The standard InChI is InChI=1S/C17H21N3O2/c1-20-15(12-7-9-14(22-2)10-8-12)11-18-17(20)19-16(21)13-5-3-4-6-13/h7-11,13H,3-6H2,1-2H3,(H,18,19,21). The van der Waals surface area contributed by atoms with Crippen LogP contribution in [0.4, 0.5) is 5.95 Å². The van der Waals surface area contributed by atoms with Gasteiger partial charge in [0.25, 0.3) is 0 Å². The molecule has 0 bridgehead atoms. The van der Waals surface area contributed by atoms with Crippen LogP contribution in [0.3, 0.4) is 0 Å². The van der Waals surface area contributed by atoms with Crippen molar-refractivity contribution < 1.29 is 9.53 Å². The molecule has 1 amide bonds. The average Bonchev–Trinajstić information content (AvgIpc) is 3.19. The van der Waals surface area contributed by atoms with Gasteiger partial charge < -0.3 is 9.30 Å². The molecule has 1 aliphatic carbocycles. The summed E-state index contributed by atoms with van der Waals surface area (Å²) in [6.45, 7) is 0. The number of carbonyl (C=O) groups excluding carboxylic acids is 1. The molecule has 1 N–H and O–H groups in total. The first-order valence-electron chi connectivity index (χ1n) is 7.66. The summed E-state index contributed by atoms with van der Waals surface area (Å²) in [4.78, 5) is 16.6. The summed E-state index contributed by atoms with van der Waals surface area (Å²) in [5, 5.41) is 2.95. The number of rotatable bonds is 4. The Hall–Kier alpha value is -2.30. The first-order chi connectivity index (χ1) is 10.7. The van der Waals surface area contributed by atoms with Gasteiger partial charge in [0.1, 0.15) is 5.75 Å². The Morgan fingerprint density at radius 3 is 2.59 bits per heavy atom. The van der Waals surface area contributed by atoms with E-state index in [9.17, 15) is 4.79 Å². The van der Waals surface area contributed by atoms with Crippen molar-refractivity contribution in [3.8, 4) is 17.0 Å². The molecule has 0 spiro atoms. The number of aromatic nitrogens is 2. The van der Waals surface area contributed by atoms with Crippen LogP contribution in [-0.2, 0) is 11.8 Å². The largest absolute Gasteiger partial charge is 0.497 e. The minimum Gasteiger partial charge on any atom is -0.497 e. The fourth-order valence-corrected chi connectivity index (χ4v) is 2.96. The number of amides is 1. The van der Waals surface area contributed by atoms with Gasteiger partial charge in [-0.25, -0.2) is 4.98 Å². The van der Waals surface area contributed by atoms with E-state index in [1.54, 1.807) is 13.3 Å². The van der Waals surface area contributed by atoms with Crippen LogP contribution in [-0.4, -0.2) is 22.6 Å². The first-order valence-corrected chi connectivity index (χ1v) is 7.66. The molecule has 22 heavy (non-hydrogen) atoms. The van der Waals surface area contributed by atoms with E-state index in [0.717, 1.165) is 42.7 Å². The summed E-state index contributed by atoms with van der Waals surface area (Å²) in [5.74, 6) is 1.65. The third-order valence-corrected chi connectivity index (χ3v) is 4.33. The van der Waals surface area contributed by atoms with Crippen LogP contribution < -0.4 is 10.1 Å². The highest BCUT2D eigenvalue weighted by Gasteiger charge is 2.23. The summed E-state index contributed by atoms with van der Waals surface area (Å²) in [6.07, 6.45) is 6.06. The molecule has 1 aromatic carbocycles. The number of anilines is 1. The van der Waals surface area contributed by atoms with Crippen molar-refractivity contribution in [3.05, 3.63) is 30.5 Å². The first kappa shape index (κ1) is 14.6. The number of benzene rings is 1. The van der Waals surface area contributed by atoms with E-state index in [4.69, 9.17) is 4.74 Å². The normalized spacial score (nSPS) is 15.0. The zero-order chi connectivity index (χ0) is 15.5. The maximum absolute atomic E-state index is 12.2. The Kier molecular flexibility index (Phi) is 4.13. The molecule has 0 unspecified atom stereocenters. The Balaban J connectivity index is 1.77. The zero-order valence-electron chi connectivity index (χ0n) is 13.0. The van der Waals surface area contributed by atoms with E-state index in [1.807, 2.05) is 35.9 Å². The second kappa shape index (κ2) is 6.22. The highest BCUT2D eigenvalue weighted by Crippen LogP contribution is 2.27. The highest BCUT2D eigenvalue weighted by molar-refractivity contribution is 5.91. The van der Waals surface area contributed by atoms with Crippen molar-refractivity contribution in [2.24, 2.45) is 13.0 Å². The van der Waals surface area contributed by atoms with Gasteiger partial charge in [0, 0.05) is 18.5 Å². The van der Waals surface area contributed by atoms with E-state index >= 15 is 0 Å². The van der Waals surface area contributed by atoms with Crippen molar-refractivity contribution in [2.75, 3.05) is 12.4 Å². The molecule has 1 fully saturated rings. The van der Waals surface area contributed by atoms with Crippen LogP contribution in [0, 0.1) is 5.92 Å². The minimum absolute atomic E-state index is 0.0903. The molecule has 116 valence electrons. The number of hydrogen-bond acceptors (Lipinski definition) is 3. The molecule has 1 aromatic heterocycles. The van der Waals surface area contributed by atoms with Gasteiger partial charge in [-0.05, 0) is 37.1 Å². The summed E-state index contributed by atoms with van der Waals surface area (Å²) in [7, 11) is 3.56. The third-order valence-electron chi connectivity index (χ3n) is 4.33. The van der Waals surface area contributed by atoms with Crippen LogP contribution >= 0.6 is 0 Å². The van der Waals surface area contributed by atoms with Gasteiger partial charge in [-0.1, -0.05) is 12.8 Å². The number of imidazole rings is 1. The van der Waals surface area contributed by atoms with Gasteiger partial charge in [0.15, 0.2) is 0 Å². The quantitative estimate of drug-likeness (QED) is 0.943. The number of nitrogens with one attached hydrogen (secondary N) is 1. The topological polar surface area (TPSA) is 56.1 Å². The second-order valence-electron chi connectivity index (χ2n) is 5.73. The lowest BCUT2D eigenvalue weighted by atomic mass is 10.1. The summed E-state index contributed by atoms with van der Waals surface area (Å²) in [6, 6.07) is 7.80. The van der Waals surface area contributed by atoms with Gasteiger partial charge in [-0.2, -0.15) is 0 Å². The minimum atomic E-state index is 0.0903. The van der Waals surface area contributed by atoms with E-state index in [-0.39, 0.29) is 11.8 Å². The molecular weight excluding hydrogens is 278 g/mol. The van der Waals surface area contributed by atoms with E-state index < -0.39 is 0 Å². The van der Waals surface area contributed by atoms with Crippen LogP contribution in [0.25, 0.3) is 11.3 Å². The molecule has 0 saturated heterocycles. The monoisotopic (exact) mass is 299 g/mol. The van der Waals surface area contributed by atoms with E-state index in [0.29, 0.717) is 5.95 Å². The average molecular weight is 299 g/mol. The lowest BCUT2D eigenvalue weighted by Gasteiger charge is -2.11. The summed E-state index contributed by atoms with van der Waals surface area (Å²) >= 11 is 0. The Morgan fingerprint density at radius 2 is 1.95 bits per heavy atom. The maximum atomic E-state index is 12.2. The molecule has 0 atom stereocenters. The number of carbonyl (C=O) groups is 1. The van der Waals surface area contributed by atoms with Crippen LogP contribution in [0.1, 0.15) is 25.7 Å². The number of methoxy groups -OCH3 is 1. The van der Waals surface area contributed by atoms with Gasteiger partial charge in [0.2, 0.25) is 11.9 Å². The fourth-order valence-electron chi connectivity index (χ4n) is 2.96. The summed E-state index contributed by atoms with van der Waals surface area (Å²) < 4.78 is 7.08. The Morgan fingerprint density at radius 1 is 1.27 bits per heavy atom. The van der Waals surface area contributed by atoms with Gasteiger partial charge in [-0.3, -0.25) is 10.1 Å². The van der Waals surface area contributed by atoms with Crippen LogP contribution in [0.5, 0.6) is 5.75 Å². The SMILES string of the molecule is COc1ccc(-c2cnc(NC(=O)C3CCCC3)n2C)cc1. The fraction of sp³-hybridized carbons (Fsp3) is 0.412. The second-order valence-corrected chi connectivity index (χ2v) is 5.73. The Bertz CT molecular complexity index is 655. The predicted molar refractivity (Wildman–Crippen MR) is 85.8 cm³/mol. The molecule has 5 heteroatoms. The molecule has 1 saturated carbocycles. The lowest BCUT2D eigenvalue weighted by Crippen LogP contribution is -2.22. The molecule has 1 aliphatic rings. The maximum Gasteiger partial charge on any atom is 0.229 e.